The van der Waals surface area contributed by atoms with Crippen molar-refractivity contribution in [2.75, 3.05) is 12.4 Å². The number of pyridine rings is 1. The van der Waals surface area contributed by atoms with Crippen molar-refractivity contribution in [3.63, 3.8) is 0 Å². The quantitative estimate of drug-likeness (QED) is 0.801. The third kappa shape index (κ3) is 2.44. The van der Waals surface area contributed by atoms with E-state index in [4.69, 9.17) is 0 Å². The van der Waals surface area contributed by atoms with E-state index in [1.807, 2.05) is 12.1 Å². The molecule has 0 aliphatic heterocycles. The first-order valence-electron chi connectivity index (χ1n) is 6.35. The molecular weight excluding hydrogens is 276 g/mol. The van der Waals surface area contributed by atoms with E-state index in [1.165, 1.54) is 19.9 Å². The number of rotatable bonds is 4. The van der Waals surface area contributed by atoms with Crippen molar-refractivity contribution in [2.24, 2.45) is 0 Å². The highest BCUT2D eigenvalue weighted by molar-refractivity contribution is 7.10. The maximum absolute atomic E-state index is 11.7. The van der Waals surface area contributed by atoms with Crippen molar-refractivity contribution >= 4 is 28.1 Å². The van der Waals surface area contributed by atoms with E-state index in [1.54, 1.807) is 6.20 Å². The highest BCUT2D eigenvalue weighted by Gasteiger charge is 2.25. The second-order valence-electron chi connectivity index (χ2n) is 4.69. The highest BCUT2D eigenvalue weighted by Crippen LogP contribution is 2.39. The minimum Gasteiger partial charge on any atom is -0.355 e. The fourth-order valence-electron chi connectivity index (χ4n) is 1.98. The molecule has 3 N–H and O–H groups in total. The molecule has 104 valence electrons. The van der Waals surface area contributed by atoms with Gasteiger partial charge in [-0.1, -0.05) is 0 Å². The molecule has 1 amide bonds. The number of nitrogens with zero attached hydrogens (tertiary/aromatic N) is 1. The number of hydrogen-bond donors (Lipinski definition) is 3. The molecular formula is C13H14N4O2S. The van der Waals surface area contributed by atoms with Crippen LogP contribution in [0.5, 0.6) is 0 Å². The molecule has 0 spiro atoms. The summed E-state index contributed by atoms with van der Waals surface area (Å²) in [6, 6.07) is 3.79. The lowest BCUT2D eigenvalue weighted by atomic mass is 10.2. The lowest BCUT2D eigenvalue weighted by molar-refractivity contribution is 0.0963. The third-order valence-corrected chi connectivity index (χ3v) is 3.99. The normalized spacial score (nSPS) is 14.1. The van der Waals surface area contributed by atoms with E-state index in [0.717, 1.165) is 22.9 Å². The molecule has 0 saturated heterocycles. The zero-order valence-corrected chi connectivity index (χ0v) is 11.7. The van der Waals surface area contributed by atoms with Crippen LogP contribution < -0.4 is 16.2 Å². The lowest BCUT2D eigenvalue weighted by Crippen LogP contribution is -2.24. The summed E-state index contributed by atoms with van der Waals surface area (Å²) in [6.45, 7) is 0. The molecule has 6 nitrogen and oxygen atoms in total. The average molecular weight is 290 g/mol. The standard InChI is InChI=1S/C13H14N4O2S/c1-14-11(18)10-12(19)17-20-13(10)16-8-4-5-15-9(6-8)7-2-3-7/h4-7H,2-3H2,1H3,(H,14,18)(H,15,16)(H,17,19). The van der Waals surface area contributed by atoms with Crippen molar-refractivity contribution in [3.8, 4) is 0 Å². The molecule has 1 fully saturated rings. The van der Waals surface area contributed by atoms with Gasteiger partial charge in [0.2, 0.25) is 0 Å². The Morgan fingerprint density at radius 3 is 3.00 bits per heavy atom. The summed E-state index contributed by atoms with van der Waals surface area (Å²) in [5.74, 6) is 0.159. The van der Waals surface area contributed by atoms with Crippen molar-refractivity contribution in [1.29, 1.82) is 0 Å². The Hall–Kier alpha value is -2.15. The van der Waals surface area contributed by atoms with Crippen molar-refractivity contribution in [2.45, 2.75) is 18.8 Å². The summed E-state index contributed by atoms with van der Waals surface area (Å²) >= 11 is 1.11. The van der Waals surface area contributed by atoms with Gasteiger partial charge in [-0.25, -0.2) is 0 Å². The number of anilines is 2. The number of aromatic amines is 1. The van der Waals surface area contributed by atoms with Crippen molar-refractivity contribution < 1.29 is 4.79 Å². The van der Waals surface area contributed by atoms with Crippen LogP contribution >= 0.6 is 11.5 Å². The van der Waals surface area contributed by atoms with Gasteiger partial charge in [0.25, 0.3) is 11.5 Å². The largest absolute Gasteiger partial charge is 0.355 e. The molecule has 0 unspecified atom stereocenters. The van der Waals surface area contributed by atoms with Crippen LogP contribution in [0.4, 0.5) is 10.7 Å². The lowest BCUT2D eigenvalue weighted by Gasteiger charge is -2.06. The molecule has 1 aliphatic carbocycles. The maximum Gasteiger partial charge on any atom is 0.273 e. The molecule has 2 aromatic heterocycles. The minimum atomic E-state index is -0.397. The van der Waals surface area contributed by atoms with E-state index in [0.29, 0.717) is 10.9 Å². The van der Waals surface area contributed by atoms with E-state index >= 15 is 0 Å². The first-order valence-corrected chi connectivity index (χ1v) is 7.17. The van der Waals surface area contributed by atoms with Gasteiger partial charge in [0.05, 0.1) is 0 Å². The summed E-state index contributed by atoms with van der Waals surface area (Å²) in [4.78, 5) is 27.7. The fraction of sp³-hybridized carbons (Fsp3) is 0.308. The number of aromatic nitrogens is 2. The Kier molecular flexibility index (Phi) is 3.27. The first-order chi connectivity index (χ1) is 9.69. The Morgan fingerprint density at radius 2 is 2.30 bits per heavy atom. The predicted molar refractivity (Wildman–Crippen MR) is 77.8 cm³/mol. The SMILES string of the molecule is CNC(=O)c1c(Nc2ccnc(C3CC3)c2)s[nH]c1=O. The molecule has 1 saturated carbocycles. The molecule has 0 atom stereocenters. The first kappa shape index (κ1) is 12.9. The zero-order chi connectivity index (χ0) is 14.1. The third-order valence-electron chi connectivity index (χ3n) is 3.19. The van der Waals surface area contributed by atoms with Crippen molar-refractivity contribution in [1.82, 2.24) is 14.7 Å². The highest BCUT2D eigenvalue weighted by atomic mass is 32.1. The molecule has 0 radical (unpaired) electrons. The van der Waals surface area contributed by atoms with Gasteiger partial charge in [-0.05, 0) is 36.5 Å². The number of nitrogens with one attached hydrogen (secondary N) is 3. The topological polar surface area (TPSA) is 86.9 Å². The number of carbonyl (C=O) groups is 1. The summed E-state index contributed by atoms with van der Waals surface area (Å²) in [6.07, 6.45) is 4.10. The Bertz CT molecular complexity index is 702. The fourth-order valence-corrected chi connectivity index (χ4v) is 2.73. The predicted octanol–water partition coefficient (Wildman–Crippen LogP) is 1.81. The van der Waals surface area contributed by atoms with Crippen LogP contribution in [0.3, 0.4) is 0 Å². The second kappa shape index (κ2) is 5.09. The number of H-pyrrole nitrogens is 1. The molecule has 1 aliphatic rings. The van der Waals surface area contributed by atoms with Gasteiger partial charge in [-0.3, -0.25) is 18.9 Å². The van der Waals surface area contributed by atoms with E-state index in [-0.39, 0.29) is 11.1 Å². The maximum atomic E-state index is 11.7. The molecule has 3 rings (SSSR count). The van der Waals surface area contributed by atoms with E-state index < -0.39 is 5.91 Å². The molecule has 20 heavy (non-hydrogen) atoms. The monoisotopic (exact) mass is 290 g/mol. The number of carbonyl (C=O) groups excluding carboxylic acids is 1. The van der Waals surface area contributed by atoms with Crippen LogP contribution in [0.2, 0.25) is 0 Å². The van der Waals surface area contributed by atoms with Crippen LogP contribution in [0, 0.1) is 0 Å². The number of amides is 1. The van der Waals surface area contributed by atoms with Gasteiger partial charge in [0.1, 0.15) is 10.6 Å². The van der Waals surface area contributed by atoms with Crippen LogP contribution in [-0.2, 0) is 0 Å². The summed E-state index contributed by atoms with van der Waals surface area (Å²) in [5, 5.41) is 6.10. The van der Waals surface area contributed by atoms with Crippen LogP contribution in [-0.4, -0.2) is 22.3 Å². The van der Waals surface area contributed by atoms with Crippen LogP contribution in [0.1, 0.15) is 34.8 Å². The Balaban J connectivity index is 1.89. The van der Waals surface area contributed by atoms with Crippen LogP contribution in [0.25, 0.3) is 0 Å². The zero-order valence-electron chi connectivity index (χ0n) is 10.9. The summed E-state index contributed by atoms with van der Waals surface area (Å²) in [7, 11) is 1.50. The van der Waals surface area contributed by atoms with E-state index in [9.17, 15) is 9.59 Å². The smallest absolute Gasteiger partial charge is 0.273 e. The summed E-state index contributed by atoms with van der Waals surface area (Å²) < 4.78 is 2.57. The van der Waals surface area contributed by atoms with Gasteiger partial charge < -0.3 is 10.6 Å². The number of hydrogen-bond acceptors (Lipinski definition) is 5. The van der Waals surface area contributed by atoms with Gasteiger partial charge >= 0.3 is 0 Å². The van der Waals surface area contributed by atoms with E-state index in [2.05, 4.69) is 20.0 Å². The second-order valence-corrected chi connectivity index (χ2v) is 5.50. The van der Waals surface area contributed by atoms with Crippen molar-refractivity contribution in [3.05, 3.63) is 39.9 Å². The average Bonchev–Trinajstić information content (AvgIpc) is 3.24. The Labute approximate surface area is 119 Å². The minimum absolute atomic E-state index is 0.113. The van der Waals surface area contributed by atoms with Gasteiger partial charge in [0, 0.05) is 30.5 Å². The summed E-state index contributed by atoms with van der Waals surface area (Å²) in [5.41, 5.74) is 1.62. The van der Waals surface area contributed by atoms with Gasteiger partial charge in [-0.15, -0.1) is 0 Å². The van der Waals surface area contributed by atoms with Crippen LogP contribution in [0.15, 0.2) is 23.1 Å². The molecule has 7 heteroatoms. The molecule has 0 bridgehead atoms. The molecule has 0 aromatic carbocycles. The molecule has 2 aromatic rings. The van der Waals surface area contributed by atoms with Gasteiger partial charge in [-0.2, -0.15) is 0 Å². The molecule has 2 heterocycles. The Morgan fingerprint density at radius 1 is 1.50 bits per heavy atom. The van der Waals surface area contributed by atoms with Gasteiger partial charge in [0.15, 0.2) is 0 Å².